The molecule has 1 saturated heterocycles. The van der Waals surface area contributed by atoms with Gasteiger partial charge in [0.2, 0.25) is 5.91 Å². The van der Waals surface area contributed by atoms with E-state index in [0.717, 1.165) is 25.8 Å². The Morgan fingerprint density at radius 3 is 1.81 bits per heavy atom. The SMILES string of the molecule is CCCCCCCCCCCCCC(=O)OC(C)C.CN1CCCC1=O. The maximum atomic E-state index is 11.3. The molecule has 1 aliphatic rings. The van der Waals surface area contributed by atoms with E-state index in [0.29, 0.717) is 12.3 Å². The number of esters is 1. The smallest absolute Gasteiger partial charge is 0.306 e. The number of nitrogens with zero attached hydrogens (tertiary/aromatic N) is 1. The molecule has 26 heavy (non-hydrogen) atoms. The molecule has 0 aliphatic carbocycles. The topological polar surface area (TPSA) is 46.6 Å². The normalized spacial score (nSPS) is 13.7. The highest BCUT2D eigenvalue weighted by atomic mass is 16.5. The number of ether oxygens (including phenoxy) is 1. The van der Waals surface area contributed by atoms with Gasteiger partial charge in [-0.2, -0.15) is 0 Å². The van der Waals surface area contributed by atoms with Gasteiger partial charge >= 0.3 is 5.97 Å². The first kappa shape index (κ1) is 24.9. The Kier molecular flexibility index (Phi) is 16.7. The quantitative estimate of drug-likeness (QED) is 0.301. The summed E-state index contributed by atoms with van der Waals surface area (Å²) in [6, 6.07) is 0. The summed E-state index contributed by atoms with van der Waals surface area (Å²) in [6.07, 6.45) is 16.9. The van der Waals surface area contributed by atoms with E-state index in [2.05, 4.69) is 6.92 Å². The second-order valence-electron chi connectivity index (χ2n) is 7.74. The van der Waals surface area contributed by atoms with E-state index < -0.39 is 0 Å². The molecule has 1 amide bonds. The van der Waals surface area contributed by atoms with Crippen LogP contribution in [0, 0.1) is 0 Å². The number of unbranched alkanes of at least 4 members (excludes halogenated alkanes) is 10. The third-order valence-corrected chi connectivity index (χ3v) is 4.66. The Hall–Kier alpha value is -1.06. The molecule has 0 N–H and O–H groups in total. The van der Waals surface area contributed by atoms with Gasteiger partial charge in [-0.15, -0.1) is 0 Å². The molecular weight excluding hydrogens is 326 g/mol. The molecule has 0 bridgehead atoms. The number of likely N-dealkylation sites (tertiary alicyclic amines) is 1. The number of hydrogen-bond acceptors (Lipinski definition) is 3. The zero-order valence-electron chi connectivity index (χ0n) is 17.9. The Morgan fingerprint density at radius 2 is 1.46 bits per heavy atom. The fraction of sp³-hybridized carbons (Fsp3) is 0.909. The summed E-state index contributed by atoms with van der Waals surface area (Å²) in [7, 11) is 1.84. The van der Waals surface area contributed by atoms with Crippen LogP contribution in [0.25, 0.3) is 0 Å². The van der Waals surface area contributed by atoms with Gasteiger partial charge in [-0.3, -0.25) is 9.59 Å². The Balaban J connectivity index is 0.000000735. The lowest BCUT2D eigenvalue weighted by Crippen LogP contribution is -2.17. The van der Waals surface area contributed by atoms with Crippen LogP contribution in [-0.4, -0.2) is 36.5 Å². The number of rotatable bonds is 13. The zero-order valence-corrected chi connectivity index (χ0v) is 17.9. The first-order valence-corrected chi connectivity index (χ1v) is 10.9. The van der Waals surface area contributed by atoms with Crippen LogP contribution in [0.15, 0.2) is 0 Å². The standard InChI is InChI=1S/C17H34O2.C5H9NO/c1-4-5-6-7-8-9-10-11-12-13-14-15-17(18)19-16(2)3;1-6-4-2-3-5(6)7/h16H,4-15H2,1-3H3;2-4H2,1H3. The zero-order chi connectivity index (χ0) is 19.6. The van der Waals surface area contributed by atoms with Crippen LogP contribution in [0.2, 0.25) is 0 Å². The van der Waals surface area contributed by atoms with Crippen LogP contribution in [0.3, 0.4) is 0 Å². The number of carbonyl (C=O) groups is 2. The van der Waals surface area contributed by atoms with Gasteiger partial charge in [-0.1, -0.05) is 71.1 Å². The summed E-state index contributed by atoms with van der Waals surface area (Å²) >= 11 is 0. The summed E-state index contributed by atoms with van der Waals surface area (Å²) < 4.78 is 5.10. The summed E-state index contributed by atoms with van der Waals surface area (Å²) in [5.41, 5.74) is 0. The fourth-order valence-electron chi connectivity index (χ4n) is 3.04. The molecule has 0 saturated carbocycles. The van der Waals surface area contributed by atoms with Crippen LogP contribution in [0.4, 0.5) is 0 Å². The van der Waals surface area contributed by atoms with Gasteiger partial charge in [0.15, 0.2) is 0 Å². The molecule has 0 spiro atoms. The molecule has 0 unspecified atom stereocenters. The number of amides is 1. The summed E-state index contributed by atoms with van der Waals surface area (Å²) in [4.78, 5) is 23.6. The Morgan fingerprint density at radius 1 is 0.962 bits per heavy atom. The van der Waals surface area contributed by atoms with Crippen LogP contribution in [-0.2, 0) is 14.3 Å². The third-order valence-electron chi connectivity index (χ3n) is 4.66. The summed E-state index contributed by atoms with van der Waals surface area (Å²) in [5, 5.41) is 0. The molecule has 1 heterocycles. The van der Waals surface area contributed by atoms with E-state index in [1.165, 1.54) is 64.2 Å². The minimum atomic E-state index is -0.0362. The highest BCUT2D eigenvalue weighted by molar-refractivity contribution is 5.77. The molecule has 0 atom stereocenters. The van der Waals surface area contributed by atoms with Crippen LogP contribution < -0.4 is 0 Å². The fourth-order valence-corrected chi connectivity index (χ4v) is 3.04. The van der Waals surface area contributed by atoms with Crippen LogP contribution in [0.1, 0.15) is 111 Å². The van der Waals surface area contributed by atoms with E-state index >= 15 is 0 Å². The van der Waals surface area contributed by atoms with Crippen molar-refractivity contribution in [2.45, 2.75) is 117 Å². The largest absolute Gasteiger partial charge is 0.463 e. The molecule has 0 aromatic carbocycles. The van der Waals surface area contributed by atoms with E-state index in [-0.39, 0.29) is 12.1 Å². The molecule has 154 valence electrons. The van der Waals surface area contributed by atoms with Gasteiger partial charge in [0.25, 0.3) is 0 Å². The van der Waals surface area contributed by atoms with Crippen molar-refractivity contribution in [3.8, 4) is 0 Å². The number of carbonyl (C=O) groups excluding carboxylic acids is 2. The van der Waals surface area contributed by atoms with Crippen molar-refractivity contribution in [1.82, 2.24) is 4.90 Å². The van der Waals surface area contributed by atoms with E-state index in [9.17, 15) is 9.59 Å². The number of hydrogen-bond donors (Lipinski definition) is 0. The molecule has 0 radical (unpaired) electrons. The predicted octanol–water partition coefficient (Wildman–Crippen LogP) is 5.88. The van der Waals surface area contributed by atoms with E-state index in [1.807, 2.05) is 20.9 Å². The van der Waals surface area contributed by atoms with E-state index in [4.69, 9.17) is 4.74 Å². The van der Waals surface area contributed by atoms with Crippen molar-refractivity contribution in [1.29, 1.82) is 0 Å². The van der Waals surface area contributed by atoms with Gasteiger partial charge in [0.1, 0.15) is 0 Å². The van der Waals surface area contributed by atoms with Gasteiger partial charge in [-0.25, -0.2) is 0 Å². The van der Waals surface area contributed by atoms with Crippen LogP contribution >= 0.6 is 0 Å². The lowest BCUT2D eigenvalue weighted by molar-refractivity contribution is -0.147. The third kappa shape index (κ3) is 16.4. The molecule has 4 nitrogen and oxygen atoms in total. The van der Waals surface area contributed by atoms with Crippen molar-refractivity contribution in [3.05, 3.63) is 0 Å². The maximum Gasteiger partial charge on any atom is 0.306 e. The lowest BCUT2D eigenvalue weighted by Gasteiger charge is -2.07. The van der Waals surface area contributed by atoms with Crippen LogP contribution in [0.5, 0.6) is 0 Å². The highest BCUT2D eigenvalue weighted by Gasteiger charge is 2.14. The summed E-state index contributed by atoms with van der Waals surface area (Å²) in [5.74, 6) is 0.255. The van der Waals surface area contributed by atoms with Gasteiger partial charge in [0.05, 0.1) is 6.10 Å². The molecule has 1 aliphatic heterocycles. The average molecular weight is 370 g/mol. The predicted molar refractivity (Wildman–Crippen MR) is 109 cm³/mol. The van der Waals surface area contributed by atoms with Crippen molar-refractivity contribution in [2.24, 2.45) is 0 Å². The maximum absolute atomic E-state index is 11.3. The minimum absolute atomic E-state index is 0.0280. The first-order chi connectivity index (χ1) is 12.5. The highest BCUT2D eigenvalue weighted by Crippen LogP contribution is 2.12. The van der Waals surface area contributed by atoms with Gasteiger partial charge < -0.3 is 9.64 Å². The molecule has 4 heteroatoms. The second-order valence-corrected chi connectivity index (χ2v) is 7.74. The molecule has 0 aromatic heterocycles. The van der Waals surface area contributed by atoms with Gasteiger partial charge in [-0.05, 0) is 26.7 Å². The summed E-state index contributed by atoms with van der Waals surface area (Å²) in [6.45, 7) is 7.02. The molecular formula is C22H43NO3. The lowest BCUT2D eigenvalue weighted by atomic mass is 10.1. The first-order valence-electron chi connectivity index (χ1n) is 10.9. The van der Waals surface area contributed by atoms with Crippen molar-refractivity contribution in [2.75, 3.05) is 13.6 Å². The Bertz CT molecular complexity index is 355. The molecule has 1 rings (SSSR count). The van der Waals surface area contributed by atoms with E-state index in [1.54, 1.807) is 4.90 Å². The Labute approximate surface area is 162 Å². The molecule has 0 aromatic rings. The molecule has 1 fully saturated rings. The monoisotopic (exact) mass is 369 g/mol. The van der Waals surface area contributed by atoms with Crippen molar-refractivity contribution >= 4 is 11.9 Å². The van der Waals surface area contributed by atoms with Crippen molar-refractivity contribution < 1.29 is 14.3 Å². The van der Waals surface area contributed by atoms with Gasteiger partial charge in [0, 0.05) is 26.4 Å². The average Bonchev–Trinajstić information content (AvgIpc) is 2.96. The van der Waals surface area contributed by atoms with Crippen molar-refractivity contribution in [3.63, 3.8) is 0 Å². The minimum Gasteiger partial charge on any atom is -0.463 e. The second kappa shape index (κ2) is 17.4.